The van der Waals surface area contributed by atoms with Gasteiger partial charge in [-0.3, -0.25) is 9.69 Å². The van der Waals surface area contributed by atoms with Gasteiger partial charge in [0.25, 0.3) is 5.91 Å². The molecule has 3 heterocycles. The Hall–Kier alpha value is -2.68. The summed E-state index contributed by atoms with van der Waals surface area (Å²) in [5.74, 6) is 1.07. The second-order valence-corrected chi connectivity index (χ2v) is 7.75. The molecule has 0 radical (unpaired) electrons. The van der Waals surface area contributed by atoms with Crippen LogP contribution in [-0.2, 0) is 4.74 Å². The number of benzene rings is 1. The molecule has 4 rings (SSSR count). The van der Waals surface area contributed by atoms with E-state index < -0.39 is 0 Å². The summed E-state index contributed by atoms with van der Waals surface area (Å²) in [6.45, 7) is 7.51. The quantitative estimate of drug-likeness (QED) is 0.583. The molecule has 1 fully saturated rings. The molecule has 164 valence electrons. The van der Waals surface area contributed by atoms with Crippen molar-refractivity contribution in [1.29, 1.82) is 0 Å². The number of aromatic nitrogens is 3. The molecule has 31 heavy (non-hydrogen) atoms. The average molecular weight is 444 g/mol. The fourth-order valence-corrected chi connectivity index (χ4v) is 4.11. The number of hydrogen-bond acceptors (Lipinski definition) is 6. The zero-order valence-corrected chi connectivity index (χ0v) is 18.4. The third kappa shape index (κ3) is 4.66. The fourth-order valence-electron chi connectivity index (χ4n) is 3.81. The van der Waals surface area contributed by atoms with Crippen LogP contribution in [0, 0.1) is 6.92 Å². The Kier molecular flexibility index (Phi) is 6.70. The van der Waals surface area contributed by atoms with Crippen molar-refractivity contribution < 1.29 is 14.3 Å². The zero-order chi connectivity index (χ0) is 21.8. The molecule has 0 spiro atoms. The highest BCUT2D eigenvalue weighted by molar-refractivity contribution is 6.38. The minimum Gasteiger partial charge on any atom is -0.492 e. The number of fused-ring (bicyclic) bond motifs is 1. The second kappa shape index (κ2) is 9.64. The molecule has 0 bridgehead atoms. The smallest absolute Gasteiger partial charge is 0.253 e. The number of H-pyrrole nitrogens is 1. The zero-order valence-electron chi connectivity index (χ0n) is 17.7. The number of ether oxygens (including phenoxy) is 2. The van der Waals surface area contributed by atoms with Crippen LogP contribution in [0.15, 0.2) is 30.7 Å². The molecule has 1 atom stereocenters. The summed E-state index contributed by atoms with van der Waals surface area (Å²) in [5, 5.41) is 4.21. The number of rotatable bonds is 7. The Labute approximate surface area is 185 Å². The minimum absolute atomic E-state index is 0.0606. The molecule has 2 N–H and O–H groups in total. The minimum atomic E-state index is -0.250. The molecule has 1 amide bonds. The molecule has 1 aromatic carbocycles. The Morgan fingerprint density at radius 2 is 2.10 bits per heavy atom. The first-order chi connectivity index (χ1) is 15.1. The van der Waals surface area contributed by atoms with Gasteiger partial charge in [-0.1, -0.05) is 11.6 Å². The van der Waals surface area contributed by atoms with Crippen LogP contribution in [0.4, 0.5) is 0 Å². The predicted molar refractivity (Wildman–Crippen MR) is 119 cm³/mol. The topological polar surface area (TPSA) is 92.4 Å². The van der Waals surface area contributed by atoms with E-state index in [0.29, 0.717) is 48.5 Å². The van der Waals surface area contributed by atoms with Crippen molar-refractivity contribution in [3.63, 3.8) is 0 Å². The summed E-state index contributed by atoms with van der Waals surface area (Å²) in [5.41, 5.74) is 2.12. The highest BCUT2D eigenvalue weighted by Gasteiger charge is 2.25. The first kappa shape index (κ1) is 21.5. The van der Waals surface area contributed by atoms with E-state index in [2.05, 4.69) is 25.2 Å². The van der Waals surface area contributed by atoms with Crippen LogP contribution in [-0.4, -0.2) is 65.2 Å². The van der Waals surface area contributed by atoms with E-state index in [9.17, 15) is 4.79 Å². The molecule has 0 saturated carbocycles. The van der Waals surface area contributed by atoms with Crippen LogP contribution >= 0.6 is 11.6 Å². The number of nitrogens with zero attached hydrogens (tertiary/aromatic N) is 3. The Morgan fingerprint density at radius 1 is 1.35 bits per heavy atom. The number of aromatic amines is 1. The highest BCUT2D eigenvalue weighted by atomic mass is 35.5. The molecular weight excluding hydrogens is 418 g/mol. The lowest BCUT2D eigenvalue weighted by molar-refractivity contribution is 0.0161. The lowest BCUT2D eigenvalue weighted by atomic mass is 10.1. The highest BCUT2D eigenvalue weighted by Crippen LogP contribution is 2.34. The van der Waals surface area contributed by atoms with Gasteiger partial charge in [-0.15, -0.1) is 0 Å². The number of carbonyl (C=O) groups is 1. The second-order valence-electron chi connectivity index (χ2n) is 7.37. The summed E-state index contributed by atoms with van der Waals surface area (Å²) in [7, 11) is 0. The lowest BCUT2D eigenvalue weighted by Crippen LogP contribution is -2.44. The van der Waals surface area contributed by atoms with E-state index >= 15 is 0 Å². The van der Waals surface area contributed by atoms with E-state index in [1.165, 1.54) is 0 Å². The SMILES string of the molecule is CCOc1cc(C(=O)NC[C@@H](c2cnc(C)nc2)N2CCOCC2)c(Cl)c2cc[nH]c12. The first-order valence-corrected chi connectivity index (χ1v) is 10.8. The van der Waals surface area contributed by atoms with Crippen LogP contribution in [0.2, 0.25) is 5.02 Å². The third-order valence-electron chi connectivity index (χ3n) is 5.41. The monoisotopic (exact) mass is 443 g/mol. The Balaban J connectivity index is 1.57. The van der Waals surface area contributed by atoms with Crippen molar-refractivity contribution in [3.05, 3.63) is 52.7 Å². The molecule has 0 unspecified atom stereocenters. The van der Waals surface area contributed by atoms with Crippen LogP contribution in [0.25, 0.3) is 10.9 Å². The van der Waals surface area contributed by atoms with E-state index in [1.54, 1.807) is 12.3 Å². The van der Waals surface area contributed by atoms with Crippen molar-refractivity contribution in [2.24, 2.45) is 0 Å². The van der Waals surface area contributed by atoms with Gasteiger partial charge in [0.15, 0.2) is 0 Å². The number of amides is 1. The molecule has 1 aliphatic rings. The molecule has 3 aromatic rings. The normalized spacial score (nSPS) is 15.7. The maximum Gasteiger partial charge on any atom is 0.253 e. The number of morpholine rings is 1. The molecule has 1 aliphatic heterocycles. The van der Waals surface area contributed by atoms with Crippen LogP contribution < -0.4 is 10.1 Å². The summed E-state index contributed by atoms with van der Waals surface area (Å²) in [4.78, 5) is 27.2. The van der Waals surface area contributed by atoms with Crippen molar-refractivity contribution in [1.82, 2.24) is 25.2 Å². The Morgan fingerprint density at radius 3 is 2.81 bits per heavy atom. The van der Waals surface area contributed by atoms with Gasteiger partial charge in [-0.05, 0) is 26.0 Å². The number of halogens is 1. The Bertz CT molecular complexity index is 1050. The van der Waals surface area contributed by atoms with Gasteiger partial charge in [0.2, 0.25) is 0 Å². The van der Waals surface area contributed by atoms with E-state index in [-0.39, 0.29) is 11.9 Å². The van der Waals surface area contributed by atoms with Gasteiger partial charge in [0, 0.05) is 49.2 Å². The molecule has 1 saturated heterocycles. The number of carbonyl (C=O) groups excluding carboxylic acids is 1. The van der Waals surface area contributed by atoms with Crippen molar-refractivity contribution in [2.75, 3.05) is 39.5 Å². The largest absolute Gasteiger partial charge is 0.492 e. The van der Waals surface area contributed by atoms with E-state index in [0.717, 1.165) is 29.6 Å². The number of aryl methyl sites for hydroxylation is 1. The van der Waals surface area contributed by atoms with Crippen molar-refractivity contribution in [2.45, 2.75) is 19.9 Å². The van der Waals surface area contributed by atoms with Crippen molar-refractivity contribution in [3.8, 4) is 5.75 Å². The number of hydrogen-bond donors (Lipinski definition) is 2. The molecule has 0 aliphatic carbocycles. The van der Waals surface area contributed by atoms with E-state index in [1.807, 2.05) is 32.3 Å². The third-order valence-corrected chi connectivity index (χ3v) is 5.82. The lowest BCUT2D eigenvalue weighted by Gasteiger charge is -2.34. The van der Waals surface area contributed by atoms with Crippen molar-refractivity contribution >= 4 is 28.4 Å². The fraction of sp³-hybridized carbons (Fsp3) is 0.409. The van der Waals surface area contributed by atoms with Gasteiger partial charge >= 0.3 is 0 Å². The standard InChI is InChI=1S/C22H26ClN5O3/c1-3-31-19-10-17(20(23)16-4-5-24-21(16)19)22(29)27-13-18(28-6-8-30-9-7-28)15-11-25-14(2)26-12-15/h4-5,10-12,18,24H,3,6-9,13H2,1-2H3,(H,27,29)/t18-/m0/s1. The molecule has 2 aromatic heterocycles. The molecule has 8 nitrogen and oxygen atoms in total. The van der Waals surface area contributed by atoms with Gasteiger partial charge in [-0.2, -0.15) is 0 Å². The van der Waals surface area contributed by atoms with Gasteiger partial charge in [-0.25, -0.2) is 9.97 Å². The van der Waals surface area contributed by atoms with Gasteiger partial charge in [0.05, 0.1) is 42.0 Å². The van der Waals surface area contributed by atoms with Gasteiger partial charge in [0.1, 0.15) is 11.6 Å². The number of nitrogens with one attached hydrogen (secondary N) is 2. The molecule has 9 heteroatoms. The van der Waals surface area contributed by atoms with Crippen LogP contribution in [0.5, 0.6) is 5.75 Å². The summed E-state index contributed by atoms with van der Waals surface area (Å²) < 4.78 is 11.2. The summed E-state index contributed by atoms with van der Waals surface area (Å²) in [6.07, 6.45) is 5.42. The maximum absolute atomic E-state index is 13.1. The summed E-state index contributed by atoms with van der Waals surface area (Å²) >= 11 is 6.57. The first-order valence-electron chi connectivity index (χ1n) is 10.4. The van der Waals surface area contributed by atoms with E-state index in [4.69, 9.17) is 21.1 Å². The predicted octanol–water partition coefficient (Wildman–Crippen LogP) is 3.12. The summed E-state index contributed by atoms with van der Waals surface area (Å²) in [6, 6.07) is 3.48. The van der Waals surface area contributed by atoms with Crippen LogP contribution in [0.3, 0.4) is 0 Å². The molecular formula is C22H26ClN5O3. The maximum atomic E-state index is 13.1. The van der Waals surface area contributed by atoms with Crippen LogP contribution in [0.1, 0.15) is 34.7 Å². The average Bonchev–Trinajstić information content (AvgIpc) is 3.28. The van der Waals surface area contributed by atoms with Gasteiger partial charge < -0.3 is 19.8 Å².